The minimum atomic E-state index is -0.172. The van der Waals surface area contributed by atoms with Gasteiger partial charge in [-0.2, -0.15) is 0 Å². The van der Waals surface area contributed by atoms with Crippen molar-refractivity contribution < 1.29 is 4.39 Å². The highest BCUT2D eigenvalue weighted by molar-refractivity contribution is 7.19. The SMILES string of the molecule is CC(C)c1c[nH]c2ccc(F)cc12.CC(C)c1c[nH]c2ccccc12.CC(C)c1cc2ccccc2s1.CC(C)c1csc2ccccc12. The molecule has 0 amide bonds. The van der Waals surface area contributed by atoms with E-state index < -0.39 is 0 Å². The van der Waals surface area contributed by atoms with Gasteiger partial charge in [-0.05, 0) is 99.0 Å². The molecule has 8 rings (SSSR count). The number of benzene rings is 4. The number of rotatable bonds is 4. The molecule has 0 saturated carbocycles. The fourth-order valence-electron chi connectivity index (χ4n) is 5.90. The molecule has 5 heteroatoms. The molecule has 0 unspecified atom stereocenters. The molecule has 0 bridgehead atoms. The monoisotopic (exact) mass is 688 g/mol. The lowest BCUT2D eigenvalue weighted by atomic mass is 10.0. The third-order valence-corrected chi connectivity index (χ3v) is 11.1. The number of halogens is 1. The molecule has 0 radical (unpaired) electrons. The van der Waals surface area contributed by atoms with Crippen LogP contribution in [0.5, 0.6) is 0 Å². The fourth-order valence-corrected chi connectivity index (χ4v) is 8.09. The molecule has 4 heterocycles. The zero-order valence-electron chi connectivity index (χ0n) is 30.0. The Morgan fingerprint density at radius 1 is 0.510 bits per heavy atom. The molecular formula is C44H49FN2S2. The third kappa shape index (κ3) is 8.89. The maximum atomic E-state index is 12.9. The fraction of sp³-hybridized carbons (Fsp3) is 0.273. The number of aromatic amines is 2. The average Bonchev–Trinajstić information content (AvgIpc) is 3.89. The molecule has 2 N–H and O–H groups in total. The predicted octanol–water partition coefficient (Wildman–Crippen LogP) is 14.8. The van der Waals surface area contributed by atoms with Crippen molar-refractivity contribution in [1.29, 1.82) is 0 Å². The Balaban J connectivity index is 0.000000127. The highest BCUT2D eigenvalue weighted by atomic mass is 32.1. The van der Waals surface area contributed by atoms with E-state index in [2.05, 4.69) is 156 Å². The molecule has 254 valence electrons. The van der Waals surface area contributed by atoms with E-state index in [1.165, 1.54) is 58.7 Å². The summed E-state index contributed by atoms with van der Waals surface area (Å²) >= 11 is 3.75. The van der Waals surface area contributed by atoms with Gasteiger partial charge in [-0.15, -0.1) is 22.7 Å². The number of H-pyrrole nitrogens is 2. The summed E-state index contributed by atoms with van der Waals surface area (Å²) < 4.78 is 15.8. The molecule has 0 aliphatic carbocycles. The average molecular weight is 689 g/mol. The summed E-state index contributed by atoms with van der Waals surface area (Å²) in [7, 11) is 0. The van der Waals surface area contributed by atoms with Gasteiger partial charge in [-0.3, -0.25) is 0 Å². The van der Waals surface area contributed by atoms with Gasteiger partial charge in [0.1, 0.15) is 5.82 Å². The molecule has 0 atom stereocenters. The second-order valence-electron chi connectivity index (χ2n) is 13.7. The van der Waals surface area contributed by atoms with E-state index in [1.54, 1.807) is 12.1 Å². The summed E-state index contributed by atoms with van der Waals surface area (Å²) in [5, 5.41) is 7.43. The molecule has 49 heavy (non-hydrogen) atoms. The van der Waals surface area contributed by atoms with E-state index in [0.29, 0.717) is 23.7 Å². The van der Waals surface area contributed by atoms with E-state index >= 15 is 0 Å². The van der Waals surface area contributed by atoms with E-state index in [-0.39, 0.29) is 5.82 Å². The molecule has 2 nitrogen and oxygen atoms in total. The molecule has 0 fully saturated rings. The lowest BCUT2D eigenvalue weighted by Gasteiger charge is -2.01. The summed E-state index contributed by atoms with van der Waals surface area (Å²) in [6, 6.07) is 32.7. The van der Waals surface area contributed by atoms with Gasteiger partial charge < -0.3 is 9.97 Å². The van der Waals surface area contributed by atoms with Crippen LogP contribution in [-0.4, -0.2) is 9.97 Å². The number of aromatic nitrogens is 2. The van der Waals surface area contributed by atoms with Crippen molar-refractivity contribution in [3.05, 3.63) is 142 Å². The normalized spacial score (nSPS) is 11.3. The summed E-state index contributed by atoms with van der Waals surface area (Å²) in [6.07, 6.45) is 4.06. The van der Waals surface area contributed by atoms with Gasteiger partial charge in [-0.1, -0.05) is 110 Å². The van der Waals surface area contributed by atoms with Gasteiger partial charge in [0.25, 0.3) is 0 Å². The zero-order valence-corrected chi connectivity index (χ0v) is 31.6. The van der Waals surface area contributed by atoms with Crippen LogP contribution < -0.4 is 0 Å². The minimum Gasteiger partial charge on any atom is -0.361 e. The van der Waals surface area contributed by atoms with Crippen LogP contribution in [0.15, 0.2) is 115 Å². The van der Waals surface area contributed by atoms with E-state index in [1.807, 2.05) is 28.9 Å². The van der Waals surface area contributed by atoms with Crippen molar-refractivity contribution in [2.75, 3.05) is 0 Å². The zero-order chi connectivity index (χ0) is 35.1. The van der Waals surface area contributed by atoms with Crippen LogP contribution in [0.3, 0.4) is 0 Å². The molecule has 8 aromatic rings. The van der Waals surface area contributed by atoms with Crippen LogP contribution in [0.4, 0.5) is 4.39 Å². The summed E-state index contributed by atoms with van der Waals surface area (Å²) in [4.78, 5) is 7.88. The number of nitrogens with one attached hydrogen (secondary N) is 2. The first-order valence-electron chi connectivity index (χ1n) is 17.3. The molecule has 4 aromatic heterocycles. The first kappa shape index (κ1) is 36.1. The number of para-hydroxylation sites is 1. The second-order valence-corrected chi connectivity index (χ2v) is 15.7. The number of hydrogen-bond donors (Lipinski definition) is 2. The smallest absolute Gasteiger partial charge is 0.123 e. The Labute approximate surface area is 299 Å². The molecule has 4 aromatic carbocycles. The molecular weight excluding hydrogens is 640 g/mol. The van der Waals surface area contributed by atoms with Crippen molar-refractivity contribution in [3.8, 4) is 0 Å². The van der Waals surface area contributed by atoms with Gasteiger partial charge in [0.2, 0.25) is 0 Å². The first-order chi connectivity index (χ1) is 23.5. The van der Waals surface area contributed by atoms with E-state index in [9.17, 15) is 4.39 Å². The highest BCUT2D eigenvalue weighted by Crippen LogP contribution is 2.31. The Kier molecular flexibility index (Phi) is 12.1. The number of fused-ring (bicyclic) bond motifs is 4. The van der Waals surface area contributed by atoms with Crippen LogP contribution in [0.1, 0.15) is 101 Å². The number of hydrogen-bond acceptors (Lipinski definition) is 2. The molecule has 0 saturated heterocycles. The quantitative estimate of drug-likeness (QED) is 0.184. The van der Waals surface area contributed by atoms with E-state index in [4.69, 9.17) is 0 Å². The van der Waals surface area contributed by atoms with Crippen molar-refractivity contribution in [1.82, 2.24) is 9.97 Å². The Morgan fingerprint density at radius 2 is 1.06 bits per heavy atom. The summed E-state index contributed by atoms with van der Waals surface area (Å²) in [5.74, 6) is 2.15. The van der Waals surface area contributed by atoms with Crippen LogP contribution in [0.25, 0.3) is 42.0 Å². The van der Waals surface area contributed by atoms with Crippen molar-refractivity contribution >= 4 is 64.7 Å². The molecule has 0 aliphatic rings. The first-order valence-corrected chi connectivity index (χ1v) is 19.0. The van der Waals surface area contributed by atoms with Gasteiger partial charge in [0.15, 0.2) is 0 Å². The van der Waals surface area contributed by atoms with Crippen LogP contribution in [0, 0.1) is 5.82 Å². The van der Waals surface area contributed by atoms with Crippen molar-refractivity contribution in [2.45, 2.75) is 79.1 Å². The molecule has 0 aliphatic heterocycles. The predicted molar refractivity (Wildman–Crippen MR) is 217 cm³/mol. The second kappa shape index (κ2) is 16.5. The third-order valence-electron chi connectivity index (χ3n) is 8.69. The van der Waals surface area contributed by atoms with Gasteiger partial charge in [0, 0.05) is 48.5 Å². The Bertz CT molecular complexity index is 2100. The van der Waals surface area contributed by atoms with Crippen LogP contribution in [-0.2, 0) is 0 Å². The Hall–Kier alpha value is -4.19. The van der Waals surface area contributed by atoms with Gasteiger partial charge in [-0.25, -0.2) is 4.39 Å². The van der Waals surface area contributed by atoms with Gasteiger partial charge >= 0.3 is 0 Å². The van der Waals surface area contributed by atoms with Crippen molar-refractivity contribution in [2.24, 2.45) is 0 Å². The minimum absolute atomic E-state index is 0.172. The lowest BCUT2D eigenvalue weighted by molar-refractivity contribution is 0.629. The summed E-state index contributed by atoms with van der Waals surface area (Å²) in [5.41, 5.74) is 6.31. The van der Waals surface area contributed by atoms with Crippen LogP contribution >= 0.6 is 22.7 Å². The topological polar surface area (TPSA) is 31.6 Å². The highest BCUT2D eigenvalue weighted by Gasteiger charge is 2.08. The Morgan fingerprint density at radius 3 is 1.69 bits per heavy atom. The largest absolute Gasteiger partial charge is 0.361 e. The van der Waals surface area contributed by atoms with Crippen LogP contribution in [0.2, 0.25) is 0 Å². The summed E-state index contributed by atoms with van der Waals surface area (Å²) in [6.45, 7) is 17.6. The standard InChI is InChI=1S/C11H12FN.C11H13N.2C11H12S/c1-7(2)10-6-13-11-4-3-8(12)5-9(10)11;2*1-8(2)10-7-12-11-6-4-3-5-9(10)11;1-8(2)11-7-9-5-3-4-6-10(9)12-11/h3-7,13H,1-2H3;3-8,12H,1-2H3;2*3-8H,1-2H3. The maximum Gasteiger partial charge on any atom is 0.123 e. The van der Waals surface area contributed by atoms with Gasteiger partial charge in [0.05, 0.1) is 0 Å². The lowest BCUT2D eigenvalue weighted by Crippen LogP contribution is -1.84. The maximum absolute atomic E-state index is 12.9. The molecule has 0 spiro atoms. The number of thiophene rings is 2. The van der Waals surface area contributed by atoms with Crippen molar-refractivity contribution in [3.63, 3.8) is 0 Å². The van der Waals surface area contributed by atoms with E-state index in [0.717, 1.165) is 10.9 Å².